The van der Waals surface area contributed by atoms with Gasteiger partial charge < -0.3 is 10.1 Å². The molecule has 2 N–H and O–H groups in total. The Morgan fingerprint density at radius 1 is 1.63 bits per heavy atom. The molecule has 3 heterocycles. The number of aliphatic hydroxyl groups is 1. The van der Waals surface area contributed by atoms with Crippen molar-refractivity contribution in [1.82, 2.24) is 14.9 Å². The fourth-order valence-electron chi connectivity index (χ4n) is 2.57. The molecule has 2 atom stereocenters. The molecule has 1 saturated heterocycles. The Bertz CT molecular complexity index is 636. The summed E-state index contributed by atoms with van der Waals surface area (Å²) in [4.78, 5) is 21.4. The number of hydrogen-bond donors (Lipinski definition) is 2. The highest BCUT2D eigenvalue weighted by molar-refractivity contribution is 7.17. The van der Waals surface area contributed by atoms with E-state index in [4.69, 9.17) is 0 Å². The maximum absolute atomic E-state index is 11.9. The maximum Gasteiger partial charge on any atom is 0.268 e. The van der Waals surface area contributed by atoms with Crippen LogP contribution in [0, 0.1) is 5.92 Å². The van der Waals surface area contributed by atoms with E-state index in [0.717, 1.165) is 25.0 Å². The summed E-state index contributed by atoms with van der Waals surface area (Å²) in [5.74, 6) is 0.977. The molecule has 5 nitrogen and oxygen atoms in total. The summed E-state index contributed by atoms with van der Waals surface area (Å²) in [5.41, 5.74) is 0.717. The molecule has 0 bridgehead atoms. The predicted molar refractivity (Wildman–Crippen MR) is 75.3 cm³/mol. The second-order valence-corrected chi connectivity index (χ2v) is 6.13. The average molecular weight is 279 g/mol. The van der Waals surface area contributed by atoms with Gasteiger partial charge in [0.05, 0.1) is 18.2 Å². The number of H-pyrrole nitrogens is 1. The molecule has 2 aromatic rings. The van der Waals surface area contributed by atoms with E-state index in [-0.39, 0.29) is 17.6 Å². The van der Waals surface area contributed by atoms with E-state index in [9.17, 15) is 9.90 Å². The minimum Gasteiger partial charge on any atom is -0.393 e. The van der Waals surface area contributed by atoms with Gasteiger partial charge in [0.2, 0.25) is 0 Å². The van der Waals surface area contributed by atoms with Gasteiger partial charge in [0.1, 0.15) is 10.5 Å². The van der Waals surface area contributed by atoms with Gasteiger partial charge in [-0.1, -0.05) is 6.92 Å². The van der Waals surface area contributed by atoms with Crippen molar-refractivity contribution in [1.29, 1.82) is 0 Å². The Kier molecular flexibility index (Phi) is 3.38. The summed E-state index contributed by atoms with van der Waals surface area (Å²) in [6, 6.07) is 1.88. The van der Waals surface area contributed by atoms with Gasteiger partial charge >= 0.3 is 0 Å². The van der Waals surface area contributed by atoms with Crippen LogP contribution in [0.15, 0.2) is 16.2 Å². The van der Waals surface area contributed by atoms with Crippen molar-refractivity contribution >= 4 is 21.6 Å². The zero-order valence-electron chi connectivity index (χ0n) is 10.8. The predicted octanol–water partition coefficient (Wildman–Crippen LogP) is 1.19. The highest BCUT2D eigenvalue weighted by atomic mass is 32.1. The van der Waals surface area contributed by atoms with E-state index >= 15 is 0 Å². The van der Waals surface area contributed by atoms with Gasteiger partial charge in [-0.3, -0.25) is 9.69 Å². The lowest BCUT2D eigenvalue weighted by atomic mass is 9.97. The van der Waals surface area contributed by atoms with Crippen molar-refractivity contribution in [2.45, 2.75) is 26.0 Å². The molecule has 1 fully saturated rings. The molecule has 3 rings (SSSR count). The van der Waals surface area contributed by atoms with Crippen LogP contribution < -0.4 is 5.56 Å². The van der Waals surface area contributed by atoms with Crippen LogP contribution in [0.1, 0.15) is 19.2 Å². The third-order valence-electron chi connectivity index (χ3n) is 3.68. The van der Waals surface area contributed by atoms with E-state index in [0.29, 0.717) is 17.1 Å². The second-order valence-electron chi connectivity index (χ2n) is 5.22. The molecule has 102 valence electrons. The molecule has 1 aliphatic rings. The first-order chi connectivity index (χ1) is 9.13. The lowest BCUT2D eigenvalue weighted by Crippen LogP contribution is -2.41. The van der Waals surface area contributed by atoms with Crippen LogP contribution in [-0.2, 0) is 6.54 Å². The summed E-state index contributed by atoms with van der Waals surface area (Å²) in [6.45, 7) is 4.37. The molecule has 19 heavy (non-hydrogen) atoms. The first kappa shape index (κ1) is 12.8. The van der Waals surface area contributed by atoms with Crippen molar-refractivity contribution in [2.24, 2.45) is 5.92 Å². The van der Waals surface area contributed by atoms with Crippen molar-refractivity contribution < 1.29 is 5.11 Å². The fourth-order valence-corrected chi connectivity index (χ4v) is 3.30. The lowest BCUT2D eigenvalue weighted by molar-refractivity contribution is 0.0311. The van der Waals surface area contributed by atoms with Gasteiger partial charge in [-0.2, -0.15) is 0 Å². The number of nitrogens with one attached hydrogen (secondary N) is 1. The van der Waals surface area contributed by atoms with Crippen molar-refractivity contribution in [2.75, 3.05) is 13.1 Å². The molecule has 2 aromatic heterocycles. The summed E-state index contributed by atoms with van der Waals surface area (Å²) in [7, 11) is 0. The molecule has 1 aliphatic heterocycles. The van der Waals surface area contributed by atoms with Crippen LogP contribution in [0.5, 0.6) is 0 Å². The molecule has 0 amide bonds. The number of nitrogens with zero attached hydrogens (tertiary/aromatic N) is 2. The van der Waals surface area contributed by atoms with Crippen LogP contribution in [0.25, 0.3) is 10.2 Å². The SMILES string of the molecule is CC1CN(Cc2nc3ccsc3c(=O)[nH]2)CCC1O. The summed E-state index contributed by atoms with van der Waals surface area (Å²) in [6.07, 6.45) is 0.578. The maximum atomic E-state index is 11.9. The quantitative estimate of drug-likeness (QED) is 0.866. The molecular weight excluding hydrogens is 262 g/mol. The minimum absolute atomic E-state index is 0.0555. The van der Waals surface area contributed by atoms with Crippen molar-refractivity contribution in [3.63, 3.8) is 0 Å². The van der Waals surface area contributed by atoms with Crippen molar-refractivity contribution in [3.8, 4) is 0 Å². The second kappa shape index (κ2) is 5.03. The zero-order chi connectivity index (χ0) is 13.4. The normalized spacial score (nSPS) is 24.9. The summed E-state index contributed by atoms with van der Waals surface area (Å²) < 4.78 is 0.686. The zero-order valence-corrected chi connectivity index (χ0v) is 11.6. The topological polar surface area (TPSA) is 69.2 Å². The summed E-state index contributed by atoms with van der Waals surface area (Å²) >= 11 is 1.42. The number of aromatic nitrogens is 2. The average Bonchev–Trinajstić information content (AvgIpc) is 2.82. The molecule has 0 saturated carbocycles. The molecule has 0 spiro atoms. The number of thiophene rings is 1. The molecule has 6 heteroatoms. The van der Waals surface area contributed by atoms with Gasteiger partial charge in [-0.15, -0.1) is 11.3 Å². The molecular formula is C13H17N3O2S. The van der Waals surface area contributed by atoms with Crippen LogP contribution in [0.4, 0.5) is 0 Å². The van der Waals surface area contributed by atoms with Gasteiger partial charge in [0.15, 0.2) is 0 Å². The first-order valence-electron chi connectivity index (χ1n) is 6.50. The Hall–Kier alpha value is -1.24. The Morgan fingerprint density at radius 3 is 3.26 bits per heavy atom. The highest BCUT2D eigenvalue weighted by Gasteiger charge is 2.24. The molecule has 0 aromatic carbocycles. The van der Waals surface area contributed by atoms with Crippen LogP contribution >= 0.6 is 11.3 Å². The van der Waals surface area contributed by atoms with Crippen molar-refractivity contribution in [3.05, 3.63) is 27.6 Å². The molecule has 0 radical (unpaired) electrons. The number of aliphatic hydroxyl groups excluding tert-OH is 1. The monoisotopic (exact) mass is 279 g/mol. The van der Waals surface area contributed by atoms with E-state index in [1.165, 1.54) is 11.3 Å². The van der Waals surface area contributed by atoms with Crippen LogP contribution in [0.2, 0.25) is 0 Å². The van der Waals surface area contributed by atoms with E-state index in [1.54, 1.807) is 0 Å². The number of aromatic amines is 1. The number of likely N-dealkylation sites (tertiary alicyclic amines) is 1. The number of fused-ring (bicyclic) bond motifs is 1. The van der Waals surface area contributed by atoms with Crippen LogP contribution in [-0.4, -0.2) is 39.2 Å². The molecule has 2 unspecified atom stereocenters. The van der Waals surface area contributed by atoms with Gasteiger partial charge in [-0.05, 0) is 23.8 Å². The van der Waals surface area contributed by atoms with E-state index < -0.39 is 0 Å². The third-order valence-corrected chi connectivity index (χ3v) is 4.58. The Balaban J connectivity index is 1.80. The van der Waals surface area contributed by atoms with Gasteiger partial charge in [0.25, 0.3) is 5.56 Å². The third kappa shape index (κ3) is 2.56. The first-order valence-corrected chi connectivity index (χ1v) is 7.38. The standard InChI is InChI=1S/C13H17N3O2S/c1-8-6-16(4-2-10(8)17)7-11-14-9-3-5-19-12(9)13(18)15-11/h3,5,8,10,17H,2,4,6-7H2,1H3,(H,14,15,18). The van der Waals surface area contributed by atoms with E-state index in [1.807, 2.05) is 11.4 Å². The number of rotatable bonds is 2. The van der Waals surface area contributed by atoms with E-state index in [2.05, 4.69) is 21.8 Å². The number of hydrogen-bond acceptors (Lipinski definition) is 5. The summed E-state index contributed by atoms with van der Waals surface area (Å²) in [5, 5.41) is 11.6. The molecule has 0 aliphatic carbocycles. The highest BCUT2D eigenvalue weighted by Crippen LogP contribution is 2.18. The van der Waals surface area contributed by atoms with Gasteiger partial charge in [-0.25, -0.2) is 4.98 Å². The number of piperidine rings is 1. The fraction of sp³-hybridized carbons (Fsp3) is 0.538. The lowest BCUT2D eigenvalue weighted by Gasteiger charge is -2.33. The minimum atomic E-state index is -0.206. The van der Waals surface area contributed by atoms with Crippen LogP contribution in [0.3, 0.4) is 0 Å². The largest absolute Gasteiger partial charge is 0.393 e. The smallest absolute Gasteiger partial charge is 0.268 e. The Labute approximate surface area is 114 Å². The Morgan fingerprint density at radius 2 is 2.47 bits per heavy atom. The van der Waals surface area contributed by atoms with Gasteiger partial charge in [0, 0.05) is 13.1 Å².